The van der Waals surface area contributed by atoms with Crippen LogP contribution in [0.4, 0.5) is 0 Å². The van der Waals surface area contributed by atoms with Gasteiger partial charge in [-0.2, -0.15) is 0 Å². The summed E-state index contributed by atoms with van der Waals surface area (Å²) in [5.74, 6) is 0.130. The lowest BCUT2D eigenvalue weighted by atomic mass is 10.1. The van der Waals surface area contributed by atoms with E-state index >= 15 is 0 Å². The molecule has 0 radical (unpaired) electrons. The van der Waals surface area contributed by atoms with Crippen LogP contribution in [-0.2, 0) is 12.8 Å². The lowest BCUT2D eigenvalue weighted by Gasteiger charge is -2.12. The van der Waals surface area contributed by atoms with Gasteiger partial charge in [-0.15, -0.1) is 11.3 Å². The van der Waals surface area contributed by atoms with Crippen LogP contribution in [0.15, 0.2) is 6.07 Å². The predicted molar refractivity (Wildman–Crippen MR) is 78.8 cm³/mol. The second kappa shape index (κ2) is 4.97. The standard InChI is InChI=1S/C14H18BrNOS/c15-9-14(6-7-14)16-13(17)12-8-10-4-2-1-3-5-11(10)18-12/h8H,1-7,9H2,(H,16,17). The zero-order valence-electron chi connectivity index (χ0n) is 10.4. The van der Waals surface area contributed by atoms with Gasteiger partial charge in [0.15, 0.2) is 0 Å². The van der Waals surface area contributed by atoms with Crippen molar-refractivity contribution in [1.82, 2.24) is 5.32 Å². The molecule has 2 aliphatic rings. The van der Waals surface area contributed by atoms with Crippen molar-refractivity contribution in [3.63, 3.8) is 0 Å². The van der Waals surface area contributed by atoms with E-state index in [2.05, 4.69) is 27.3 Å². The number of nitrogens with one attached hydrogen (secondary N) is 1. The third-order valence-corrected chi connectivity index (χ3v) is 6.27. The normalized spacial score (nSPS) is 20.9. The molecule has 98 valence electrons. The van der Waals surface area contributed by atoms with Gasteiger partial charge >= 0.3 is 0 Å². The van der Waals surface area contributed by atoms with Gasteiger partial charge in [-0.05, 0) is 50.2 Å². The number of aryl methyl sites for hydroxylation is 2. The van der Waals surface area contributed by atoms with Crippen molar-refractivity contribution in [1.29, 1.82) is 0 Å². The second-order valence-corrected chi connectivity index (χ2v) is 7.19. The Labute approximate surface area is 120 Å². The number of alkyl halides is 1. The van der Waals surface area contributed by atoms with Crippen molar-refractivity contribution in [3.8, 4) is 0 Å². The van der Waals surface area contributed by atoms with Gasteiger partial charge < -0.3 is 5.32 Å². The van der Waals surface area contributed by atoms with E-state index in [4.69, 9.17) is 0 Å². The molecule has 1 N–H and O–H groups in total. The highest BCUT2D eigenvalue weighted by Gasteiger charge is 2.43. The molecular weight excluding hydrogens is 310 g/mol. The quantitative estimate of drug-likeness (QED) is 0.666. The molecule has 1 aromatic rings. The first-order chi connectivity index (χ1) is 8.72. The summed E-state index contributed by atoms with van der Waals surface area (Å²) in [4.78, 5) is 14.6. The number of halogens is 1. The Hall–Kier alpha value is -0.350. The molecule has 1 fully saturated rings. The third kappa shape index (κ3) is 2.50. The summed E-state index contributed by atoms with van der Waals surface area (Å²) in [6.45, 7) is 0. The Morgan fingerprint density at radius 1 is 1.33 bits per heavy atom. The molecule has 0 aromatic carbocycles. The van der Waals surface area contributed by atoms with Crippen LogP contribution in [0.5, 0.6) is 0 Å². The van der Waals surface area contributed by atoms with Crippen LogP contribution in [0.25, 0.3) is 0 Å². The molecule has 4 heteroatoms. The molecule has 0 saturated heterocycles. The highest BCUT2D eigenvalue weighted by Crippen LogP contribution is 2.38. The van der Waals surface area contributed by atoms with Gasteiger partial charge in [0.05, 0.1) is 10.4 Å². The largest absolute Gasteiger partial charge is 0.345 e. The molecule has 1 heterocycles. The van der Waals surface area contributed by atoms with E-state index in [1.54, 1.807) is 11.3 Å². The zero-order chi connectivity index (χ0) is 12.6. The molecule has 1 saturated carbocycles. The highest BCUT2D eigenvalue weighted by molar-refractivity contribution is 9.09. The van der Waals surface area contributed by atoms with Crippen molar-refractivity contribution in [2.75, 3.05) is 5.33 Å². The number of hydrogen-bond acceptors (Lipinski definition) is 2. The lowest BCUT2D eigenvalue weighted by molar-refractivity contribution is 0.0940. The average Bonchev–Trinajstić information content (AvgIpc) is 3.09. The maximum absolute atomic E-state index is 12.2. The van der Waals surface area contributed by atoms with Gasteiger partial charge in [0.25, 0.3) is 5.91 Å². The van der Waals surface area contributed by atoms with Crippen molar-refractivity contribution >= 4 is 33.2 Å². The molecule has 0 aliphatic heterocycles. The second-order valence-electron chi connectivity index (χ2n) is 5.49. The molecule has 0 bridgehead atoms. The number of hydrogen-bond donors (Lipinski definition) is 1. The van der Waals surface area contributed by atoms with E-state index in [1.165, 1.54) is 29.7 Å². The van der Waals surface area contributed by atoms with E-state index in [0.717, 1.165) is 35.9 Å². The van der Waals surface area contributed by atoms with Crippen molar-refractivity contribution < 1.29 is 4.79 Å². The van der Waals surface area contributed by atoms with Crippen molar-refractivity contribution in [2.24, 2.45) is 0 Å². The molecule has 0 spiro atoms. The molecule has 1 aromatic heterocycles. The number of thiophene rings is 1. The molecule has 3 rings (SSSR count). The number of carbonyl (C=O) groups is 1. The van der Waals surface area contributed by atoms with Crippen molar-refractivity contribution in [2.45, 2.75) is 50.5 Å². The molecular formula is C14H18BrNOS. The van der Waals surface area contributed by atoms with E-state index in [9.17, 15) is 4.79 Å². The van der Waals surface area contributed by atoms with Crippen LogP contribution in [0.3, 0.4) is 0 Å². The Morgan fingerprint density at radius 3 is 2.83 bits per heavy atom. The van der Waals surface area contributed by atoms with Crippen molar-refractivity contribution in [3.05, 3.63) is 21.4 Å². The van der Waals surface area contributed by atoms with Crippen LogP contribution in [0.1, 0.15) is 52.2 Å². The topological polar surface area (TPSA) is 29.1 Å². The van der Waals surface area contributed by atoms with Gasteiger partial charge in [-0.25, -0.2) is 0 Å². The van der Waals surface area contributed by atoms with E-state index in [-0.39, 0.29) is 11.4 Å². The van der Waals surface area contributed by atoms with Gasteiger partial charge in [-0.1, -0.05) is 22.4 Å². The summed E-state index contributed by atoms with van der Waals surface area (Å²) in [6.07, 6.45) is 8.41. The molecule has 2 aliphatic carbocycles. The van der Waals surface area contributed by atoms with Gasteiger partial charge in [0.2, 0.25) is 0 Å². The van der Waals surface area contributed by atoms with Gasteiger partial charge in [0, 0.05) is 10.2 Å². The molecule has 2 nitrogen and oxygen atoms in total. The fourth-order valence-electron chi connectivity index (χ4n) is 2.52. The maximum atomic E-state index is 12.2. The van der Waals surface area contributed by atoms with Crippen LogP contribution in [0.2, 0.25) is 0 Å². The van der Waals surface area contributed by atoms with Crippen LogP contribution >= 0.6 is 27.3 Å². The molecule has 18 heavy (non-hydrogen) atoms. The minimum absolute atomic E-state index is 0.0540. The third-order valence-electron chi connectivity index (χ3n) is 3.96. The summed E-state index contributed by atoms with van der Waals surface area (Å²) < 4.78 is 0. The Morgan fingerprint density at radius 2 is 2.11 bits per heavy atom. The number of amides is 1. The van der Waals surface area contributed by atoms with Crippen LogP contribution < -0.4 is 5.32 Å². The maximum Gasteiger partial charge on any atom is 0.261 e. The first-order valence-electron chi connectivity index (χ1n) is 6.72. The summed E-state index contributed by atoms with van der Waals surface area (Å²) in [6, 6.07) is 2.13. The molecule has 0 atom stereocenters. The van der Waals surface area contributed by atoms with E-state index < -0.39 is 0 Å². The fourth-order valence-corrected chi connectivity index (χ4v) is 4.37. The monoisotopic (exact) mass is 327 g/mol. The molecule has 0 unspecified atom stereocenters. The number of rotatable bonds is 3. The fraction of sp³-hybridized carbons (Fsp3) is 0.643. The summed E-state index contributed by atoms with van der Waals surface area (Å²) in [5, 5.41) is 4.05. The zero-order valence-corrected chi connectivity index (χ0v) is 12.8. The minimum Gasteiger partial charge on any atom is -0.345 e. The van der Waals surface area contributed by atoms with Crippen LogP contribution in [-0.4, -0.2) is 16.8 Å². The minimum atomic E-state index is 0.0540. The Balaban J connectivity index is 1.74. The Kier molecular flexibility index (Phi) is 3.50. The smallest absolute Gasteiger partial charge is 0.261 e. The van der Waals surface area contributed by atoms with E-state index in [0.29, 0.717) is 0 Å². The SMILES string of the molecule is O=C(NC1(CBr)CC1)c1cc2c(s1)CCCCC2. The number of fused-ring (bicyclic) bond motifs is 1. The predicted octanol–water partition coefficient (Wildman–Crippen LogP) is 3.67. The highest BCUT2D eigenvalue weighted by atomic mass is 79.9. The first kappa shape index (κ1) is 12.7. The van der Waals surface area contributed by atoms with Gasteiger partial charge in [-0.3, -0.25) is 4.79 Å². The average molecular weight is 328 g/mol. The first-order valence-corrected chi connectivity index (χ1v) is 8.66. The van der Waals surface area contributed by atoms with Gasteiger partial charge in [0.1, 0.15) is 0 Å². The summed E-state index contributed by atoms with van der Waals surface area (Å²) in [7, 11) is 0. The lowest BCUT2D eigenvalue weighted by Crippen LogP contribution is -2.37. The molecule has 1 amide bonds. The van der Waals surface area contributed by atoms with E-state index in [1.807, 2.05) is 0 Å². The number of carbonyl (C=O) groups excluding carboxylic acids is 1. The summed E-state index contributed by atoms with van der Waals surface area (Å²) in [5.41, 5.74) is 1.48. The summed E-state index contributed by atoms with van der Waals surface area (Å²) >= 11 is 5.20. The van der Waals surface area contributed by atoms with Crippen LogP contribution in [0, 0.1) is 0 Å². The Bertz CT molecular complexity index is 441.